The molecular weight excluding hydrogens is 258 g/mol. The lowest BCUT2D eigenvalue weighted by molar-refractivity contribution is 0.307. The van der Waals surface area contributed by atoms with E-state index in [-0.39, 0.29) is 0 Å². The van der Waals surface area contributed by atoms with Crippen LogP contribution >= 0.6 is 0 Å². The number of ether oxygens (including phenoxy) is 1. The maximum Gasteiger partial charge on any atom is 0.127 e. The molecule has 0 saturated carbocycles. The van der Waals surface area contributed by atoms with Crippen LogP contribution in [-0.2, 0) is 6.61 Å². The van der Waals surface area contributed by atoms with Gasteiger partial charge in [-0.3, -0.25) is 0 Å². The highest BCUT2D eigenvalue weighted by Crippen LogP contribution is 2.40. The summed E-state index contributed by atoms with van der Waals surface area (Å²) < 4.78 is 6.05. The monoisotopic (exact) mass is 277 g/mol. The summed E-state index contributed by atoms with van der Waals surface area (Å²) >= 11 is 0. The summed E-state index contributed by atoms with van der Waals surface area (Å²) in [7, 11) is 0. The molecule has 2 aliphatic rings. The maximum atomic E-state index is 6.05. The first-order valence-corrected chi connectivity index (χ1v) is 7.67. The van der Waals surface area contributed by atoms with Gasteiger partial charge in [-0.15, -0.1) is 0 Å². The topological polar surface area (TPSA) is 21.3 Å². The van der Waals surface area contributed by atoms with Crippen molar-refractivity contribution in [2.75, 3.05) is 13.1 Å². The van der Waals surface area contributed by atoms with Gasteiger partial charge in [0, 0.05) is 5.56 Å². The van der Waals surface area contributed by atoms with E-state index in [9.17, 15) is 0 Å². The molecule has 0 amide bonds. The number of hydrogen-bond acceptors (Lipinski definition) is 2. The first kappa shape index (κ1) is 12.7. The van der Waals surface area contributed by atoms with Crippen LogP contribution in [-0.4, -0.2) is 13.1 Å². The molecule has 21 heavy (non-hydrogen) atoms. The van der Waals surface area contributed by atoms with E-state index in [0.29, 0.717) is 6.61 Å². The number of benzene rings is 2. The van der Waals surface area contributed by atoms with Crippen molar-refractivity contribution < 1.29 is 4.74 Å². The molecule has 1 saturated heterocycles. The van der Waals surface area contributed by atoms with Gasteiger partial charge in [0.05, 0.1) is 0 Å². The third-order valence-electron chi connectivity index (χ3n) is 4.39. The molecule has 1 N–H and O–H groups in total. The van der Waals surface area contributed by atoms with Crippen molar-refractivity contribution in [2.24, 2.45) is 0 Å². The molecule has 2 aromatic rings. The first-order chi connectivity index (χ1) is 10.4. The van der Waals surface area contributed by atoms with Crippen molar-refractivity contribution in [1.29, 1.82) is 0 Å². The predicted octanol–water partition coefficient (Wildman–Crippen LogP) is 3.76. The van der Waals surface area contributed by atoms with Crippen molar-refractivity contribution in [3.63, 3.8) is 0 Å². The second kappa shape index (κ2) is 5.38. The lowest BCUT2D eigenvalue weighted by atomic mass is 9.87. The standard InChI is InChI=1S/C19H19NO/c1-2-6-16-15(5-1)13-21-18-8-4-3-7-17(18)19(16)14-9-11-20-12-10-14/h1-8,20H,9-13H2. The van der Waals surface area contributed by atoms with Gasteiger partial charge in [0.15, 0.2) is 0 Å². The number of hydrogen-bond donors (Lipinski definition) is 1. The SMILES string of the molecule is c1ccc2c(c1)COc1ccccc1C2=C1CCNCC1. The fraction of sp³-hybridized carbons (Fsp3) is 0.263. The zero-order valence-electron chi connectivity index (χ0n) is 12.1. The Labute approximate surface area is 125 Å². The van der Waals surface area contributed by atoms with Crippen LogP contribution in [0.15, 0.2) is 54.1 Å². The van der Waals surface area contributed by atoms with Gasteiger partial charge in [-0.2, -0.15) is 0 Å². The normalized spacial score (nSPS) is 17.5. The number of piperidine rings is 1. The smallest absolute Gasteiger partial charge is 0.127 e. The van der Waals surface area contributed by atoms with Crippen LogP contribution in [0.3, 0.4) is 0 Å². The molecule has 4 rings (SSSR count). The van der Waals surface area contributed by atoms with Gasteiger partial charge in [-0.05, 0) is 48.7 Å². The molecule has 2 nitrogen and oxygen atoms in total. The molecule has 2 aromatic carbocycles. The van der Waals surface area contributed by atoms with Gasteiger partial charge in [-0.1, -0.05) is 48.0 Å². The Morgan fingerprint density at radius 2 is 1.52 bits per heavy atom. The molecule has 2 aliphatic heterocycles. The van der Waals surface area contributed by atoms with Crippen molar-refractivity contribution in [1.82, 2.24) is 5.32 Å². The predicted molar refractivity (Wildman–Crippen MR) is 85.3 cm³/mol. The molecule has 106 valence electrons. The van der Waals surface area contributed by atoms with Gasteiger partial charge in [-0.25, -0.2) is 0 Å². The van der Waals surface area contributed by atoms with E-state index in [2.05, 4.69) is 53.8 Å². The Kier molecular flexibility index (Phi) is 3.24. The summed E-state index contributed by atoms with van der Waals surface area (Å²) in [6, 6.07) is 17.1. The molecular formula is C19H19NO. The quantitative estimate of drug-likeness (QED) is 0.791. The van der Waals surface area contributed by atoms with Crippen LogP contribution in [0.4, 0.5) is 0 Å². The lowest BCUT2D eigenvalue weighted by Gasteiger charge is -2.21. The summed E-state index contributed by atoms with van der Waals surface area (Å²) in [4.78, 5) is 0. The van der Waals surface area contributed by atoms with Gasteiger partial charge in [0.25, 0.3) is 0 Å². The molecule has 0 aliphatic carbocycles. The average Bonchev–Trinajstić information content (AvgIpc) is 2.72. The second-order valence-electron chi connectivity index (χ2n) is 5.67. The summed E-state index contributed by atoms with van der Waals surface area (Å²) in [5.41, 5.74) is 6.84. The highest BCUT2D eigenvalue weighted by molar-refractivity contribution is 5.87. The van der Waals surface area contributed by atoms with Crippen LogP contribution < -0.4 is 10.1 Å². The van der Waals surface area contributed by atoms with Crippen LogP contribution in [0.2, 0.25) is 0 Å². The minimum absolute atomic E-state index is 0.655. The Morgan fingerprint density at radius 1 is 0.810 bits per heavy atom. The molecule has 0 atom stereocenters. The number of nitrogens with one attached hydrogen (secondary N) is 1. The van der Waals surface area contributed by atoms with Gasteiger partial charge >= 0.3 is 0 Å². The molecule has 0 spiro atoms. The van der Waals surface area contributed by atoms with Gasteiger partial charge in [0.2, 0.25) is 0 Å². The van der Waals surface area contributed by atoms with E-state index in [1.807, 2.05) is 0 Å². The molecule has 0 bridgehead atoms. The Balaban J connectivity index is 1.98. The fourth-order valence-corrected chi connectivity index (χ4v) is 3.35. The van der Waals surface area contributed by atoms with E-state index >= 15 is 0 Å². The zero-order valence-corrected chi connectivity index (χ0v) is 12.1. The van der Waals surface area contributed by atoms with Crippen LogP contribution in [0.5, 0.6) is 5.75 Å². The third-order valence-corrected chi connectivity index (χ3v) is 4.39. The second-order valence-corrected chi connectivity index (χ2v) is 5.67. The van der Waals surface area contributed by atoms with Crippen LogP contribution in [0, 0.1) is 0 Å². The van der Waals surface area contributed by atoms with Crippen molar-refractivity contribution in [3.8, 4) is 5.75 Å². The summed E-state index contributed by atoms with van der Waals surface area (Å²) in [6.45, 7) is 2.80. The van der Waals surface area contributed by atoms with E-state index in [4.69, 9.17) is 4.74 Å². The van der Waals surface area contributed by atoms with E-state index < -0.39 is 0 Å². The summed E-state index contributed by atoms with van der Waals surface area (Å²) in [5.74, 6) is 1.01. The van der Waals surface area contributed by atoms with E-state index in [0.717, 1.165) is 31.7 Å². The third kappa shape index (κ3) is 2.26. The fourth-order valence-electron chi connectivity index (χ4n) is 3.35. The van der Waals surface area contributed by atoms with Crippen LogP contribution in [0.25, 0.3) is 5.57 Å². The van der Waals surface area contributed by atoms with Gasteiger partial charge in [0.1, 0.15) is 12.4 Å². The average molecular weight is 277 g/mol. The lowest BCUT2D eigenvalue weighted by Crippen LogP contribution is -2.23. The van der Waals surface area contributed by atoms with Gasteiger partial charge < -0.3 is 10.1 Å². The highest BCUT2D eigenvalue weighted by Gasteiger charge is 2.22. The Morgan fingerprint density at radius 3 is 2.38 bits per heavy atom. The van der Waals surface area contributed by atoms with Crippen molar-refractivity contribution >= 4 is 5.57 Å². The molecule has 0 aromatic heterocycles. The number of para-hydroxylation sites is 1. The number of fused-ring (bicyclic) bond motifs is 2. The van der Waals surface area contributed by atoms with Crippen molar-refractivity contribution in [3.05, 3.63) is 70.8 Å². The zero-order chi connectivity index (χ0) is 14.1. The molecule has 0 unspecified atom stereocenters. The van der Waals surface area contributed by atoms with Crippen LogP contribution in [0.1, 0.15) is 29.5 Å². The molecule has 2 heterocycles. The Hall–Kier alpha value is -2.06. The molecule has 0 radical (unpaired) electrons. The minimum Gasteiger partial charge on any atom is -0.488 e. The molecule has 1 fully saturated rings. The highest BCUT2D eigenvalue weighted by atomic mass is 16.5. The van der Waals surface area contributed by atoms with Crippen molar-refractivity contribution in [2.45, 2.75) is 19.4 Å². The molecule has 2 heteroatoms. The maximum absolute atomic E-state index is 6.05. The van der Waals surface area contributed by atoms with E-state index in [1.165, 1.54) is 22.3 Å². The summed E-state index contributed by atoms with van der Waals surface area (Å²) in [6.07, 6.45) is 2.25. The first-order valence-electron chi connectivity index (χ1n) is 7.67. The Bertz CT molecular complexity index is 645. The number of rotatable bonds is 0. The summed E-state index contributed by atoms with van der Waals surface area (Å²) in [5, 5.41) is 3.45. The largest absolute Gasteiger partial charge is 0.488 e. The minimum atomic E-state index is 0.655. The van der Waals surface area contributed by atoms with E-state index in [1.54, 1.807) is 5.57 Å².